The van der Waals surface area contributed by atoms with Gasteiger partial charge in [-0.3, -0.25) is 4.90 Å². The average Bonchev–Trinajstić information content (AvgIpc) is 2.78. The number of imidazole rings is 1. The van der Waals surface area contributed by atoms with E-state index >= 15 is 0 Å². The number of para-hydroxylation sites is 1. The molecule has 0 bridgehead atoms. The molecule has 2 rings (SSSR count). The number of fused-ring (bicyclic) bond motifs is 1. The lowest BCUT2D eigenvalue weighted by atomic mass is 10.2. The second kappa shape index (κ2) is 6.80. The zero-order chi connectivity index (χ0) is 15.6. The van der Waals surface area contributed by atoms with Crippen LogP contribution < -0.4 is 0 Å². The molecule has 1 heterocycles. The molecular formula is C17H26ClN3. The second-order valence-electron chi connectivity index (χ2n) is 6.18. The topological polar surface area (TPSA) is 21.1 Å². The maximum atomic E-state index is 6.10. The van der Waals surface area contributed by atoms with E-state index in [1.165, 1.54) is 11.1 Å². The molecular weight excluding hydrogens is 282 g/mol. The molecule has 4 heteroatoms. The molecule has 0 fully saturated rings. The largest absolute Gasteiger partial charge is 0.326 e. The number of hydrogen-bond acceptors (Lipinski definition) is 2. The highest BCUT2D eigenvalue weighted by Crippen LogP contribution is 2.21. The Morgan fingerprint density at radius 1 is 1.19 bits per heavy atom. The van der Waals surface area contributed by atoms with E-state index in [1.807, 2.05) is 0 Å². The number of nitrogens with zero attached hydrogens (tertiary/aromatic N) is 3. The van der Waals surface area contributed by atoms with Crippen molar-refractivity contribution in [3.05, 3.63) is 29.6 Å². The number of aryl methyl sites for hydroxylation is 1. The minimum absolute atomic E-state index is 0.456. The molecule has 1 aromatic heterocycles. The summed E-state index contributed by atoms with van der Waals surface area (Å²) in [5.74, 6) is 1.42. The molecule has 0 aliphatic heterocycles. The molecule has 0 atom stereocenters. The molecule has 2 aromatic rings. The molecule has 21 heavy (non-hydrogen) atoms. The van der Waals surface area contributed by atoms with Crippen LogP contribution in [0.4, 0.5) is 0 Å². The second-order valence-corrected chi connectivity index (χ2v) is 6.45. The first-order valence-corrected chi connectivity index (χ1v) is 8.25. The van der Waals surface area contributed by atoms with Crippen LogP contribution in [0, 0.1) is 6.92 Å². The molecule has 3 nitrogen and oxygen atoms in total. The van der Waals surface area contributed by atoms with Gasteiger partial charge in [-0.15, -0.1) is 11.6 Å². The Kier molecular flexibility index (Phi) is 5.28. The SMILES string of the molecule is Cc1cccc2c1nc(CCl)n2CCN(C(C)C)C(C)C. The lowest BCUT2D eigenvalue weighted by molar-refractivity contribution is 0.168. The normalized spacial score (nSPS) is 12.2. The summed E-state index contributed by atoms with van der Waals surface area (Å²) in [5.41, 5.74) is 3.48. The highest BCUT2D eigenvalue weighted by molar-refractivity contribution is 6.16. The molecule has 0 saturated carbocycles. The Hall–Kier alpha value is -1.06. The number of aromatic nitrogens is 2. The summed E-state index contributed by atoms with van der Waals surface area (Å²) < 4.78 is 2.27. The van der Waals surface area contributed by atoms with Crippen molar-refractivity contribution in [1.29, 1.82) is 0 Å². The van der Waals surface area contributed by atoms with E-state index < -0.39 is 0 Å². The Morgan fingerprint density at radius 3 is 2.43 bits per heavy atom. The van der Waals surface area contributed by atoms with Crippen LogP contribution in [0.25, 0.3) is 11.0 Å². The fourth-order valence-electron chi connectivity index (χ4n) is 3.01. The Balaban J connectivity index is 2.31. The van der Waals surface area contributed by atoms with Gasteiger partial charge >= 0.3 is 0 Å². The van der Waals surface area contributed by atoms with Crippen LogP contribution in [-0.4, -0.2) is 33.1 Å². The van der Waals surface area contributed by atoms with Crippen molar-refractivity contribution in [2.24, 2.45) is 0 Å². The third-order valence-electron chi connectivity index (χ3n) is 4.09. The molecule has 0 aliphatic rings. The summed E-state index contributed by atoms with van der Waals surface area (Å²) in [5, 5.41) is 0. The quantitative estimate of drug-likeness (QED) is 0.746. The van der Waals surface area contributed by atoms with Gasteiger partial charge in [-0.2, -0.15) is 0 Å². The number of halogens is 1. The Labute approximate surface area is 132 Å². The van der Waals surface area contributed by atoms with Gasteiger partial charge < -0.3 is 4.57 Å². The molecule has 0 unspecified atom stereocenters. The van der Waals surface area contributed by atoms with Gasteiger partial charge in [0.2, 0.25) is 0 Å². The summed E-state index contributed by atoms with van der Waals surface area (Å²) in [6.45, 7) is 13.0. The minimum atomic E-state index is 0.456. The summed E-state index contributed by atoms with van der Waals surface area (Å²) in [6.07, 6.45) is 0. The van der Waals surface area contributed by atoms with Crippen molar-refractivity contribution < 1.29 is 0 Å². The first-order valence-electron chi connectivity index (χ1n) is 7.72. The predicted octanol–water partition coefficient (Wildman–Crippen LogP) is 4.20. The van der Waals surface area contributed by atoms with Gasteiger partial charge in [0, 0.05) is 25.2 Å². The van der Waals surface area contributed by atoms with Gasteiger partial charge in [0.05, 0.1) is 16.9 Å². The first kappa shape index (κ1) is 16.3. The number of alkyl halides is 1. The van der Waals surface area contributed by atoms with Gasteiger partial charge in [0.15, 0.2) is 0 Å². The lowest BCUT2D eigenvalue weighted by Crippen LogP contribution is -2.39. The Morgan fingerprint density at radius 2 is 1.86 bits per heavy atom. The smallest absolute Gasteiger partial charge is 0.124 e. The van der Waals surface area contributed by atoms with Crippen LogP contribution in [0.5, 0.6) is 0 Å². The predicted molar refractivity (Wildman–Crippen MR) is 91.0 cm³/mol. The molecule has 0 spiro atoms. The zero-order valence-corrected chi connectivity index (χ0v) is 14.5. The van der Waals surface area contributed by atoms with Crippen molar-refractivity contribution in [2.45, 2.75) is 59.1 Å². The van der Waals surface area contributed by atoms with Crippen LogP contribution in [0.1, 0.15) is 39.1 Å². The van der Waals surface area contributed by atoms with Crippen molar-refractivity contribution in [3.63, 3.8) is 0 Å². The van der Waals surface area contributed by atoms with Gasteiger partial charge in [-0.1, -0.05) is 12.1 Å². The van der Waals surface area contributed by atoms with E-state index in [1.54, 1.807) is 0 Å². The van der Waals surface area contributed by atoms with E-state index in [0.29, 0.717) is 18.0 Å². The van der Waals surface area contributed by atoms with Crippen LogP contribution in [0.15, 0.2) is 18.2 Å². The third kappa shape index (κ3) is 3.41. The molecule has 0 N–H and O–H groups in total. The first-order chi connectivity index (χ1) is 9.95. The van der Waals surface area contributed by atoms with E-state index in [4.69, 9.17) is 16.6 Å². The number of rotatable bonds is 6. The van der Waals surface area contributed by atoms with Crippen molar-refractivity contribution >= 4 is 22.6 Å². The highest BCUT2D eigenvalue weighted by atomic mass is 35.5. The molecule has 0 radical (unpaired) electrons. The van der Waals surface area contributed by atoms with Gasteiger partial charge in [0.25, 0.3) is 0 Å². The van der Waals surface area contributed by atoms with E-state index in [0.717, 1.165) is 24.4 Å². The van der Waals surface area contributed by atoms with E-state index in [-0.39, 0.29) is 0 Å². The van der Waals surface area contributed by atoms with E-state index in [9.17, 15) is 0 Å². The monoisotopic (exact) mass is 307 g/mol. The summed E-state index contributed by atoms with van der Waals surface area (Å²) in [7, 11) is 0. The summed E-state index contributed by atoms with van der Waals surface area (Å²) in [4.78, 5) is 7.21. The van der Waals surface area contributed by atoms with Crippen molar-refractivity contribution in [3.8, 4) is 0 Å². The minimum Gasteiger partial charge on any atom is -0.326 e. The van der Waals surface area contributed by atoms with Gasteiger partial charge in [0.1, 0.15) is 5.82 Å². The van der Waals surface area contributed by atoms with Crippen molar-refractivity contribution in [1.82, 2.24) is 14.5 Å². The van der Waals surface area contributed by atoms with Crippen LogP contribution in [-0.2, 0) is 12.4 Å². The molecule has 116 valence electrons. The lowest BCUT2D eigenvalue weighted by Gasteiger charge is -2.30. The number of benzene rings is 1. The van der Waals surface area contributed by atoms with Crippen LogP contribution in [0.2, 0.25) is 0 Å². The zero-order valence-electron chi connectivity index (χ0n) is 13.7. The van der Waals surface area contributed by atoms with Gasteiger partial charge in [-0.25, -0.2) is 4.98 Å². The third-order valence-corrected chi connectivity index (χ3v) is 4.33. The fraction of sp³-hybridized carbons (Fsp3) is 0.588. The molecule has 1 aromatic carbocycles. The fourth-order valence-corrected chi connectivity index (χ4v) is 3.22. The van der Waals surface area contributed by atoms with Crippen LogP contribution >= 0.6 is 11.6 Å². The maximum Gasteiger partial charge on any atom is 0.124 e. The molecule has 0 amide bonds. The maximum absolute atomic E-state index is 6.10. The highest BCUT2D eigenvalue weighted by Gasteiger charge is 2.16. The number of hydrogen-bond donors (Lipinski definition) is 0. The molecule has 0 aliphatic carbocycles. The van der Waals surface area contributed by atoms with Crippen molar-refractivity contribution in [2.75, 3.05) is 6.54 Å². The Bertz CT molecular complexity index is 593. The summed E-state index contributed by atoms with van der Waals surface area (Å²) in [6, 6.07) is 7.42. The molecule has 0 saturated heterocycles. The standard InChI is InChI=1S/C17H26ClN3/c1-12(2)20(13(3)4)9-10-21-15-8-6-7-14(5)17(15)19-16(21)11-18/h6-8,12-13H,9-11H2,1-5H3. The average molecular weight is 308 g/mol. The van der Waals surface area contributed by atoms with Gasteiger partial charge in [-0.05, 0) is 46.2 Å². The van der Waals surface area contributed by atoms with E-state index in [2.05, 4.69) is 62.3 Å². The van der Waals surface area contributed by atoms with Crippen LogP contribution in [0.3, 0.4) is 0 Å². The summed E-state index contributed by atoms with van der Waals surface area (Å²) >= 11 is 6.10.